The molecule has 0 radical (unpaired) electrons. The van der Waals surface area contributed by atoms with Gasteiger partial charge in [-0.1, -0.05) is 13.8 Å². The summed E-state index contributed by atoms with van der Waals surface area (Å²) in [6, 6.07) is 6.36. The van der Waals surface area contributed by atoms with Crippen molar-refractivity contribution < 1.29 is 4.92 Å². The molecule has 1 unspecified atom stereocenters. The highest BCUT2D eigenvalue weighted by Crippen LogP contribution is 2.23. The van der Waals surface area contributed by atoms with Crippen LogP contribution in [0.4, 0.5) is 11.4 Å². The number of anilines is 1. The molecule has 0 aliphatic rings. The summed E-state index contributed by atoms with van der Waals surface area (Å²) in [6.07, 6.45) is 0.879. The van der Waals surface area contributed by atoms with Gasteiger partial charge in [-0.2, -0.15) is 5.26 Å². The van der Waals surface area contributed by atoms with Crippen molar-refractivity contribution in [1.82, 2.24) is 0 Å². The van der Waals surface area contributed by atoms with Crippen LogP contribution >= 0.6 is 0 Å². The Balaban J connectivity index is 2.93. The number of nitro groups is 1. The van der Waals surface area contributed by atoms with E-state index in [-0.39, 0.29) is 17.3 Å². The first kappa shape index (κ1) is 14.9. The molecule has 0 spiro atoms. The number of rotatable bonds is 6. The summed E-state index contributed by atoms with van der Waals surface area (Å²) < 4.78 is 0. The minimum atomic E-state index is -0.552. The van der Waals surface area contributed by atoms with Gasteiger partial charge in [0.2, 0.25) is 0 Å². The van der Waals surface area contributed by atoms with Gasteiger partial charge in [-0.3, -0.25) is 10.1 Å². The Morgan fingerprint density at radius 2 is 2.21 bits per heavy atom. The van der Waals surface area contributed by atoms with Gasteiger partial charge in [0.05, 0.1) is 4.92 Å². The molecule has 0 heterocycles. The van der Waals surface area contributed by atoms with E-state index in [1.165, 1.54) is 12.1 Å². The number of nitrogens with zero attached hydrogens (tertiary/aromatic N) is 2. The molecule has 0 aromatic heterocycles. The van der Waals surface area contributed by atoms with E-state index in [2.05, 4.69) is 19.2 Å². The Morgan fingerprint density at radius 3 is 2.68 bits per heavy atom. The van der Waals surface area contributed by atoms with Crippen molar-refractivity contribution in [3.8, 4) is 6.07 Å². The molecule has 1 aromatic carbocycles. The molecule has 0 aliphatic heterocycles. The molecule has 19 heavy (non-hydrogen) atoms. The van der Waals surface area contributed by atoms with Crippen LogP contribution in [-0.4, -0.2) is 17.5 Å². The number of nitrogens with one attached hydrogen (secondary N) is 1. The third kappa shape index (κ3) is 4.23. The average molecular weight is 262 g/mol. The number of nitrogens with two attached hydrogens (primary N) is 1. The zero-order valence-corrected chi connectivity index (χ0v) is 11.1. The summed E-state index contributed by atoms with van der Waals surface area (Å²) in [5.41, 5.74) is 6.16. The number of nitro benzene ring substituents is 1. The molecule has 6 nitrogen and oxygen atoms in total. The molecule has 0 amide bonds. The zero-order valence-electron chi connectivity index (χ0n) is 11.1. The summed E-state index contributed by atoms with van der Waals surface area (Å²) >= 11 is 0. The highest BCUT2D eigenvalue weighted by Gasteiger charge is 2.16. The van der Waals surface area contributed by atoms with E-state index in [9.17, 15) is 10.1 Å². The van der Waals surface area contributed by atoms with Crippen LogP contribution in [0.1, 0.15) is 25.8 Å². The van der Waals surface area contributed by atoms with Crippen molar-refractivity contribution in [2.45, 2.75) is 26.3 Å². The maximum atomic E-state index is 10.9. The molecule has 0 saturated carbocycles. The second-order valence-corrected chi connectivity index (χ2v) is 4.81. The van der Waals surface area contributed by atoms with Crippen molar-refractivity contribution in [1.29, 1.82) is 5.26 Å². The third-order valence-electron chi connectivity index (χ3n) is 2.73. The molecule has 1 rings (SSSR count). The fraction of sp³-hybridized carbons (Fsp3) is 0.462. The first-order chi connectivity index (χ1) is 8.97. The van der Waals surface area contributed by atoms with Crippen LogP contribution in [0.15, 0.2) is 18.2 Å². The summed E-state index contributed by atoms with van der Waals surface area (Å²) in [4.78, 5) is 10.3. The number of benzene rings is 1. The second kappa shape index (κ2) is 6.71. The average Bonchev–Trinajstić information content (AvgIpc) is 2.37. The SMILES string of the molecule is CC(C)CC(CN)Nc1ccc(C#N)c([N+](=O)[O-])c1. The van der Waals surface area contributed by atoms with Crippen LogP contribution in [-0.2, 0) is 0 Å². The molecule has 0 bridgehead atoms. The van der Waals surface area contributed by atoms with Gasteiger partial charge < -0.3 is 11.1 Å². The van der Waals surface area contributed by atoms with E-state index >= 15 is 0 Å². The fourth-order valence-corrected chi connectivity index (χ4v) is 1.89. The lowest BCUT2D eigenvalue weighted by molar-refractivity contribution is -0.385. The minimum absolute atomic E-state index is 0.0590. The topological polar surface area (TPSA) is 105 Å². The fourth-order valence-electron chi connectivity index (χ4n) is 1.89. The lowest BCUT2D eigenvalue weighted by Crippen LogP contribution is -2.30. The monoisotopic (exact) mass is 262 g/mol. The van der Waals surface area contributed by atoms with Crippen molar-refractivity contribution in [3.05, 3.63) is 33.9 Å². The van der Waals surface area contributed by atoms with Crippen molar-refractivity contribution >= 4 is 11.4 Å². The van der Waals surface area contributed by atoms with Gasteiger partial charge in [0, 0.05) is 24.3 Å². The number of hydrogen-bond donors (Lipinski definition) is 2. The van der Waals surface area contributed by atoms with Crippen molar-refractivity contribution in [3.63, 3.8) is 0 Å². The highest BCUT2D eigenvalue weighted by molar-refractivity contribution is 5.59. The summed E-state index contributed by atoms with van der Waals surface area (Å²) in [7, 11) is 0. The van der Waals surface area contributed by atoms with Crippen LogP contribution in [0.2, 0.25) is 0 Å². The van der Waals surface area contributed by atoms with Gasteiger partial charge in [-0.25, -0.2) is 0 Å². The molecule has 1 atom stereocenters. The van der Waals surface area contributed by atoms with Gasteiger partial charge in [0.15, 0.2) is 0 Å². The Bertz CT molecular complexity index is 494. The Labute approximate surface area is 112 Å². The van der Waals surface area contributed by atoms with Crippen LogP contribution < -0.4 is 11.1 Å². The molecule has 0 fully saturated rings. The molecule has 3 N–H and O–H groups in total. The summed E-state index contributed by atoms with van der Waals surface area (Å²) in [5, 5.41) is 22.8. The number of nitriles is 1. The standard InChI is InChI=1S/C13H18N4O2/c1-9(2)5-12(8-15)16-11-4-3-10(7-14)13(6-11)17(18)19/h3-4,6,9,12,16H,5,8,15H2,1-2H3. The van der Waals surface area contributed by atoms with E-state index < -0.39 is 4.92 Å². The van der Waals surface area contributed by atoms with Gasteiger partial charge in [0.1, 0.15) is 11.6 Å². The van der Waals surface area contributed by atoms with E-state index in [1.807, 2.05) is 6.07 Å². The number of hydrogen-bond acceptors (Lipinski definition) is 5. The maximum Gasteiger partial charge on any atom is 0.289 e. The van der Waals surface area contributed by atoms with Crippen LogP contribution in [0.5, 0.6) is 0 Å². The van der Waals surface area contributed by atoms with Gasteiger partial charge in [0.25, 0.3) is 5.69 Å². The first-order valence-corrected chi connectivity index (χ1v) is 6.13. The van der Waals surface area contributed by atoms with Gasteiger partial charge in [-0.05, 0) is 24.5 Å². The zero-order chi connectivity index (χ0) is 14.4. The maximum absolute atomic E-state index is 10.9. The Hall–Kier alpha value is -2.13. The largest absolute Gasteiger partial charge is 0.381 e. The molecule has 0 aliphatic carbocycles. The molecule has 6 heteroatoms. The molecule has 102 valence electrons. The van der Waals surface area contributed by atoms with Crippen LogP contribution in [0.3, 0.4) is 0 Å². The highest BCUT2D eigenvalue weighted by atomic mass is 16.6. The molecule has 0 saturated heterocycles. The third-order valence-corrected chi connectivity index (χ3v) is 2.73. The lowest BCUT2D eigenvalue weighted by atomic mass is 10.0. The summed E-state index contributed by atoms with van der Waals surface area (Å²) in [6.45, 7) is 4.63. The molecule has 1 aromatic rings. The predicted octanol–water partition coefficient (Wildman–Crippen LogP) is 2.25. The van der Waals surface area contributed by atoms with Crippen LogP contribution in [0.25, 0.3) is 0 Å². The molecular formula is C13H18N4O2. The quantitative estimate of drug-likeness (QED) is 0.604. The Morgan fingerprint density at radius 1 is 1.53 bits per heavy atom. The minimum Gasteiger partial charge on any atom is -0.381 e. The van der Waals surface area contributed by atoms with Crippen LogP contribution in [0, 0.1) is 27.4 Å². The normalized spacial score (nSPS) is 11.9. The summed E-state index contributed by atoms with van der Waals surface area (Å²) in [5.74, 6) is 0.481. The van der Waals surface area contributed by atoms with E-state index in [4.69, 9.17) is 11.0 Å². The molecular weight excluding hydrogens is 244 g/mol. The smallest absolute Gasteiger partial charge is 0.289 e. The van der Waals surface area contributed by atoms with Gasteiger partial charge >= 0.3 is 0 Å². The predicted molar refractivity (Wildman–Crippen MR) is 73.7 cm³/mol. The van der Waals surface area contributed by atoms with Crippen molar-refractivity contribution in [2.24, 2.45) is 11.7 Å². The first-order valence-electron chi connectivity index (χ1n) is 6.13. The van der Waals surface area contributed by atoms with E-state index in [0.29, 0.717) is 18.2 Å². The van der Waals surface area contributed by atoms with Crippen molar-refractivity contribution in [2.75, 3.05) is 11.9 Å². The second-order valence-electron chi connectivity index (χ2n) is 4.81. The van der Waals surface area contributed by atoms with Gasteiger partial charge in [-0.15, -0.1) is 0 Å². The Kier molecular flexibility index (Phi) is 5.27. The van der Waals surface area contributed by atoms with E-state index in [0.717, 1.165) is 6.42 Å². The van der Waals surface area contributed by atoms with E-state index in [1.54, 1.807) is 6.07 Å². The lowest BCUT2D eigenvalue weighted by Gasteiger charge is -2.20.